The first-order valence-corrected chi connectivity index (χ1v) is 9.29. The number of carbonyl (C=O) groups is 1. The molecule has 5 heteroatoms. The average molecular weight is 373 g/mol. The lowest BCUT2D eigenvalue weighted by Crippen LogP contribution is -2.40. The fourth-order valence-electron chi connectivity index (χ4n) is 2.85. The van der Waals surface area contributed by atoms with Gasteiger partial charge in [-0.25, -0.2) is 4.39 Å². The number of hydrogen-bond donors (Lipinski definition) is 1. The van der Waals surface area contributed by atoms with Gasteiger partial charge >= 0.3 is 0 Å². The average Bonchev–Trinajstić information content (AvgIpc) is 2.66. The summed E-state index contributed by atoms with van der Waals surface area (Å²) in [6.07, 6.45) is 0.689. The van der Waals surface area contributed by atoms with E-state index in [0.717, 1.165) is 17.7 Å². The predicted octanol–water partition coefficient (Wildman–Crippen LogP) is 4.90. The minimum atomic E-state index is -0.636. The zero-order valence-electron chi connectivity index (χ0n) is 16.4. The van der Waals surface area contributed by atoms with Gasteiger partial charge in [-0.1, -0.05) is 32.9 Å². The lowest BCUT2D eigenvalue weighted by molar-refractivity contribution is -0.129. The second kappa shape index (κ2) is 9.95. The van der Waals surface area contributed by atoms with Gasteiger partial charge in [-0.05, 0) is 60.7 Å². The Kier molecular flexibility index (Phi) is 7.65. The van der Waals surface area contributed by atoms with Gasteiger partial charge in [0.15, 0.2) is 6.10 Å². The predicted molar refractivity (Wildman–Crippen MR) is 104 cm³/mol. The molecule has 2 aromatic carbocycles. The summed E-state index contributed by atoms with van der Waals surface area (Å²) >= 11 is 0. The molecule has 146 valence electrons. The van der Waals surface area contributed by atoms with E-state index in [2.05, 4.69) is 19.2 Å². The van der Waals surface area contributed by atoms with Crippen molar-refractivity contribution in [1.29, 1.82) is 0 Å². The molecule has 0 aliphatic rings. The van der Waals surface area contributed by atoms with E-state index in [9.17, 15) is 9.18 Å². The quantitative estimate of drug-likeness (QED) is 0.680. The molecule has 1 N–H and O–H groups in total. The lowest BCUT2D eigenvalue weighted by Gasteiger charge is -2.24. The number of rotatable bonds is 9. The van der Waals surface area contributed by atoms with Crippen molar-refractivity contribution in [3.8, 4) is 11.5 Å². The smallest absolute Gasteiger partial charge is 0.261 e. The van der Waals surface area contributed by atoms with Crippen LogP contribution in [-0.4, -0.2) is 19.1 Å². The number of benzene rings is 2. The second-order valence-corrected chi connectivity index (χ2v) is 6.93. The summed E-state index contributed by atoms with van der Waals surface area (Å²) in [6.45, 7) is 6.13. The van der Waals surface area contributed by atoms with Crippen LogP contribution in [0.25, 0.3) is 0 Å². The lowest BCUT2D eigenvalue weighted by atomic mass is 9.96. The van der Waals surface area contributed by atoms with E-state index in [4.69, 9.17) is 9.47 Å². The molecular formula is C22H28FNO3. The van der Waals surface area contributed by atoms with E-state index in [1.54, 1.807) is 7.11 Å². The molecule has 4 nitrogen and oxygen atoms in total. The molecule has 0 spiro atoms. The van der Waals surface area contributed by atoms with E-state index in [-0.39, 0.29) is 17.8 Å². The first-order valence-electron chi connectivity index (χ1n) is 9.29. The van der Waals surface area contributed by atoms with Crippen LogP contribution in [0.3, 0.4) is 0 Å². The zero-order chi connectivity index (χ0) is 19.8. The first kappa shape index (κ1) is 20.7. The van der Waals surface area contributed by atoms with E-state index in [0.29, 0.717) is 18.1 Å². The zero-order valence-corrected chi connectivity index (χ0v) is 16.4. The van der Waals surface area contributed by atoms with Gasteiger partial charge in [0.2, 0.25) is 0 Å². The third-order valence-corrected chi connectivity index (χ3v) is 4.30. The van der Waals surface area contributed by atoms with Gasteiger partial charge < -0.3 is 14.8 Å². The summed E-state index contributed by atoms with van der Waals surface area (Å²) in [6, 6.07) is 13.3. The fraction of sp³-hybridized carbons (Fsp3) is 0.409. The van der Waals surface area contributed by atoms with Crippen LogP contribution < -0.4 is 14.8 Å². The van der Waals surface area contributed by atoms with Crippen LogP contribution in [0.1, 0.15) is 45.2 Å². The summed E-state index contributed by atoms with van der Waals surface area (Å²) in [4.78, 5) is 12.8. The second-order valence-electron chi connectivity index (χ2n) is 6.93. The van der Waals surface area contributed by atoms with Gasteiger partial charge in [-0.2, -0.15) is 0 Å². The molecule has 27 heavy (non-hydrogen) atoms. The molecular weight excluding hydrogens is 345 g/mol. The van der Waals surface area contributed by atoms with Gasteiger partial charge in [0.1, 0.15) is 17.3 Å². The Bertz CT molecular complexity index is 713. The topological polar surface area (TPSA) is 47.6 Å². The molecule has 1 amide bonds. The van der Waals surface area contributed by atoms with Crippen molar-refractivity contribution >= 4 is 5.91 Å². The highest BCUT2D eigenvalue weighted by Crippen LogP contribution is 2.24. The highest BCUT2D eigenvalue weighted by Gasteiger charge is 2.23. The third-order valence-electron chi connectivity index (χ3n) is 4.30. The SMILES string of the molecule is CC[C@H](Oc1ccc(F)cc1)C(=O)N[C@H](CC(C)C)c1ccc(OC)cc1. The van der Waals surface area contributed by atoms with Crippen molar-refractivity contribution in [3.05, 3.63) is 59.9 Å². The molecule has 0 saturated carbocycles. The summed E-state index contributed by atoms with van der Waals surface area (Å²) in [7, 11) is 1.63. The minimum absolute atomic E-state index is 0.116. The van der Waals surface area contributed by atoms with E-state index >= 15 is 0 Å². The molecule has 2 rings (SSSR count). The normalized spacial score (nSPS) is 13.1. The number of nitrogens with one attached hydrogen (secondary N) is 1. The van der Waals surface area contributed by atoms with Gasteiger partial charge in [0.25, 0.3) is 5.91 Å². The molecule has 0 aliphatic heterocycles. The number of carbonyl (C=O) groups excluding carboxylic acids is 1. The number of ether oxygens (including phenoxy) is 2. The Morgan fingerprint density at radius 2 is 1.63 bits per heavy atom. The van der Waals surface area contributed by atoms with Crippen molar-refractivity contribution in [3.63, 3.8) is 0 Å². The summed E-state index contributed by atoms with van der Waals surface area (Å²) in [5, 5.41) is 3.11. The molecule has 0 aromatic heterocycles. The fourth-order valence-corrected chi connectivity index (χ4v) is 2.85. The molecule has 0 heterocycles. The van der Waals surface area contributed by atoms with Crippen LogP contribution >= 0.6 is 0 Å². The molecule has 0 saturated heterocycles. The third kappa shape index (κ3) is 6.27. The summed E-state index contributed by atoms with van der Waals surface area (Å²) in [5.41, 5.74) is 1.02. The maximum Gasteiger partial charge on any atom is 0.261 e. The Balaban J connectivity index is 2.10. The highest BCUT2D eigenvalue weighted by molar-refractivity contribution is 5.81. The minimum Gasteiger partial charge on any atom is -0.497 e. The Morgan fingerprint density at radius 3 is 2.15 bits per heavy atom. The number of methoxy groups -OCH3 is 1. The maximum atomic E-state index is 13.1. The van der Waals surface area contributed by atoms with Crippen LogP contribution in [-0.2, 0) is 4.79 Å². The van der Waals surface area contributed by atoms with Crippen LogP contribution in [0.2, 0.25) is 0 Å². The van der Waals surface area contributed by atoms with Gasteiger partial charge in [0.05, 0.1) is 13.2 Å². The molecule has 0 fully saturated rings. The largest absolute Gasteiger partial charge is 0.497 e. The van der Waals surface area contributed by atoms with Crippen molar-refractivity contribution in [1.82, 2.24) is 5.32 Å². The number of halogens is 1. The van der Waals surface area contributed by atoms with Crippen LogP contribution in [0.15, 0.2) is 48.5 Å². The Labute approximate surface area is 160 Å². The number of amides is 1. The molecule has 2 atom stereocenters. The van der Waals surface area contributed by atoms with Crippen molar-refractivity contribution < 1.29 is 18.7 Å². The van der Waals surface area contributed by atoms with Crippen LogP contribution in [0, 0.1) is 11.7 Å². The molecule has 0 unspecified atom stereocenters. The van der Waals surface area contributed by atoms with Crippen molar-refractivity contribution in [2.24, 2.45) is 5.92 Å². The first-order chi connectivity index (χ1) is 12.9. The maximum absolute atomic E-state index is 13.1. The van der Waals surface area contributed by atoms with Crippen molar-refractivity contribution in [2.75, 3.05) is 7.11 Å². The Morgan fingerprint density at radius 1 is 1.04 bits per heavy atom. The van der Waals surface area contributed by atoms with Crippen molar-refractivity contribution in [2.45, 2.75) is 45.8 Å². The Hall–Kier alpha value is -2.56. The van der Waals surface area contributed by atoms with E-state index in [1.807, 2.05) is 31.2 Å². The van der Waals surface area contributed by atoms with Gasteiger partial charge in [-0.15, -0.1) is 0 Å². The van der Waals surface area contributed by atoms with Crippen LogP contribution in [0.4, 0.5) is 4.39 Å². The van der Waals surface area contributed by atoms with E-state index < -0.39 is 6.10 Å². The van der Waals surface area contributed by atoms with E-state index in [1.165, 1.54) is 24.3 Å². The summed E-state index contributed by atoms with van der Waals surface area (Å²) in [5.74, 6) is 1.15. The summed E-state index contributed by atoms with van der Waals surface area (Å²) < 4.78 is 24.0. The molecule has 0 radical (unpaired) electrons. The molecule has 0 bridgehead atoms. The number of hydrogen-bond acceptors (Lipinski definition) is 3. The molecule has 0 aliphatic carbocycles. The van der Waals surface area contributed by atoms with Gasteiger partial charge in [-0.3, -0.25) is 4.79 Å². The van der Waals surface area contributed by atoms with Gasteiger partial charge in [0, 0.05) is 0 Å². The highest BCUT2D eigenvalue weighted by atomic mass is 19.1. The van der Waals surface area contributed by atoms with Crippen LogP contribution in [0.5, 0.6) is 11.5 Å². The monoisotopic (exact) mass is 373 g/mol. The standard InChI is InChI=1S/C22H28FNO3/c1-5-21(27-19-12-8-17(23)9-13-19)22(25)24-20(14-15(2)3)16-6-10-18(26-4)11-7-16/h6-13,15,20-21H,5,14H2,1-4H3,(H,24,25)/t20-,21+/m1/s1. The molecule has 2 aromatic rings.